The molecule has 4 rings (SSSR count). The third-order valence-electron chi connectivity index (χ3n) is 6.18. The van der Waals surface area contributed by atoms with Gasteiger partial charge in [-0.05, 0) is 41.7 Å². The number of anilines is 1. The van der Waals surface area contributed by atoms with Crippen molar-refractivity contribution in [3.8, 4) is 6.07 Å². The van der Waals surface area contributed by atoms with E-state index in [4.69, 9.17) is 11.6 Å². The van der Waals surface area contributed by atoms with Crippen molar-refractivity contribution in [1.29, 1.82) is 5.26 Å². The molecular formula is C27H23ClF3N3O2S. The predicted molar refractivity (Wildman–Crippen MR) is 138 cm³/mol. The molecule has 5 nitrogen and oxygen atoms in total. The van der Waals surface area contributed by atoms with Gasteiger partial charge in [0.1, 0.15) is 0 Å². The van der Waals surface area contributed by atoms with Crippen LogP contribution < -0.4 is 10.6 Å². The van der Waals surface area contributed by atoms with Gasteiger partial charge in [0.05, 0.1) is 39.6 Å². The molecule has 1 amide bonds. The Morgan fingerprint density at radius 3 is 2.51 bits per heavy atom. The number of para-hydroxylation sites is 1. The summed E-state index contributed by atoms with van der Waals surface area (Å²) < 4.78 is 39.9. The average Bonchev–Trinajstić information content (AvgIpc) is 2.81. The number of dihydropyridines is 1. The number of amides is 1. The minimum atomic E-state index is -4.62. The minimum Gasteiger partial charge on any atom is -0.352 e. The fraction of sp³-hybridized carbons (Fsp3) is 0.296. The van der Waals surface area contributed by atoms with E-state index >= 15 is 0 Å². The number of hydrogen-bond donors (Lipinski definition) is 2. The van der Waals surface area contributed by atoms with Gasteiger partial charge in [0, 0.05) is 22.7 Å². The number of Topliss-reactive ketones (excluding diaryl/α,β-unsaturated/α-hetero) is 1. The summed E-state index contributed by atoms with van der Waals surface area (Å²) >= 11 is 7.07. The highest BCUT2D eigenvalue weighted by molar-refractivity contribution is 8.03. The van der Waals surface area contributed by atoms with Gasteiger partial charge >= 0.3 is 6.18 Å². The van der Waals surface area contributed by atoms with E-state index < -0.39 is 23.6 Å². The lowest BCUT2D eigenvalue weighted by atomic mass is 9.69. The van der Waals surface area contributed by atoms with Gasteiger partial charge in [-0.2, -0.15) is 18.4 Å². The molecule has 2 aliphatic rings. The summed E-state index contributed by atoms with van der Waals surface area (Å²) in [6, 6.07) is 13.8. The lowest BCUT2D eigenvalue weighted by Crippen LogP contribution is -2.37. The second-order valence-corrected chi connectivity index (χ2v) is 11.1. The van der Waals surface area contributed by atoms with Crippen LogP contribution in [0, 0.1) is 16.7 Å². The van der Waals surface area contributed by atoms with E-state index in [0.29, 0.717) is 39.7 Å². The Bertz CT molecular complexity index is 1360. The van der Waals surface area contributed by atoms with Crippen LogP contribution in [-0.4, -0.2) is 17.4 Å². The number of nitrogens with zero attached hydrogens (tertiary/aromatic N) is 1. The number of rotatable bonds is 5. The molecule has 1 atom stereocenters. The average molecular weight is 546 g/mol. The Hall–Kier alpha value is -3.22. The van der Waals surface area contributed by atoms with Gasteiger partial charge < -0.3 is 10.6 Å². The number of hydrogen-bond acceptors (Lipinski definition) is 5. The van der Waals surface area contributed by atoms with Crippen molar-refractivity contribution >= 4 is 40.7 Å². The van der Waals surface area contributed by atoms with Gasteiger partial charge in [0.2, 0.25) is 5.91 Å². The largest absolute Gasteiger partial charge is 0.418 e. The molecule has 0 unspecified atom stereocenters. The molecule has 192 valence electrons. The lowest BCUT2D eigenvalue weighted by molar-refractivity contribution is -0.137. The van der Waals surface area contributed by atoms with Crippen LogP contribution in [0.1, 0.15) is 43.7 Å². The smallest absolute Gasteiger partial charge is 0.352 e. The van der Waals surface area contributed by atoms with Crippen LogP contribution in [0.2, 0.25) is 5.02 Å². The molecule has 2 aromatic carbocycles. The Balaban J connectivity index is 1.64. The fourth-order valence-corrected chi connectivity index (χ4v) is 5.63. The highest BCUT2D eigenvalue weighted by atomic mass is 35.5. The quantitative estimate of drug-likeness (QED) is 0.432. The molecule has 0 radical (unpaired) electrons. The van der Waals surface area contributed by atoms with Crippen molar-refractivity contribution in [2.75, 3.05) is 11.1 Å². The fourth-order valence-electron chi connectivity index (χ4n) is 4.64. The van der Waals surface area contributed by atoms with Crippen molar-refractivity contribution in [2.24, 2.45) is 5.41 Å². The van der Waals surface area contributed by atoms with E-state index in [1.807, 2.05) is 13.8 Å². The van der Waals surface area contributed by atoms with Gasteiger partial charge in [-0.3, -0.25) is 9.59 Å². The molecule has 1 heterocycles. The van der Waals surface area contributed by atoms with Crippen molar-refractivity contribution in [1.82, 2.24) is 5.32 Å². The van der Waals surface area contributed by atoms with E-state index in [1.165, 1.54) is 18.2 Å². The number of allylic oxidation sites excluding steroid dienone is 3. The zero-order valence-corrected chi connectivity index (χ0v) is 21.6. The molecule has 10 heteroatoms. The first-order valence-corrected chi connectivity index (χ1v) is 12.8. The lowest BCUT2D eigenvalue weighted by Gasteiger charge is -2.39. The number of nitriles is 1. The van der Waals surface area contributed by atoms with Crippen molar-refractivity contribution in [2.45, 2.75) is 38.8 Å². The number of alkyl halides is 3. The van der Waals surface area contributed by atoms with Crippen LogP contribution in [-0.2, 0) is 15.8 Å². The molecule has 1 aliphatic heterocycles. The van der Waals surface area contributed by atoms with Gasteiger partial charge in [-0.1, -0.05) is 61.5 Å². The van der Waals surface area contributed by atoms with Crippen molar-refractivity contribution in [3.05, 3.63) is 86.6 Å². The van der Waals surface area contributed by atoms with Gasteiger partial charge in [0.25, 0.3) is 0 Å². The minimum absolute atomic E-state index is 0.0583. The van der Waals surface area contributed by atoms with Gasteiger partial charge in [0.15, 0.2) is 5.78 Å². The molecule has 2 aromatic rings. The molecule has 1 aliphatic carbocycles. The summed E-state index contributed by atoms with van der Waals surface area (Å²) in [5.41, 5.74) is 0.604. The summed E-state index contributed by atoms with van der Waals surface area (Å²) in [5, 5.41) is 16.5. The second kappa shape index (κ2) is 10.3. The molecule has 2 N–H and O–H groups in total. The Morgan fingerprint density at radius 1 is 1.19 bits per heavy atom. The molecule has 0 fully saturated rings. The Labute approximate surface area is 221 Å². The third kappa shape index (κ3) is 5.86. The van der Waals surface area contributed by atoms with Crippen LogP contribution in [0.15, 0.2) is 70.4 Å². The van der Waals surface area contributed by atoms with Gasteiger partial charge in [-0.25, -0.2) is 0 Å². The molecule has 0 saturated carbocycles. The van der Waals surface area contributed by atoms with E-state index in [2.05, 4.69) is 16.7 Å². The molecule has 0 bridgehead atoms. The first-order valence-electron chi connectivity index (χ1n) is 11.4. The van der Waals surface area contributed by atoms with Crippen LogP contribution in [0.5, 0.6) is 0 Å². The molecule has 0 aromatic heterocycles. The summed E-state index contributed by atoms with van der Waals surface area (Å²) in [6.45, 7) is 3.96. The van der Waals surface area contributed by atoms with E-state index in [1.54, 1.807) is 24.3 Å². The second-order valence-electron chi connectivity index (χ2n) is 9.68. The highest BCUT2D eigenvalue weighted by Gasteiger charge is 2.42. The van der Waals surface area contributed by atoms with Crippen molar-refractivity contribution in [3.63, 3.8) is 0 Å². The van der Waals surface area contributed by atoms with E-state index in [9.17, 15) is 28.0 Å². The topological polar surface area (TPSA) is 82.0 Å². The number of benzene rings is 2. The molecule has 37 heavy (non-hydrogen) atoms. The predicted octanol–water partition coefficient (Wildman–Crippen LogP) is 6.80. The third-order valence-corrected chi connectivity index (χ3v) is 7.45. The highest BCUT2D eigenvalue weighted by Crippen LogP contribution is 2.48. The standard InChI is InChI=1S/C27H23ClF3N3O2S/c1-26(2)11-20-24(21(35)12-26)23(15-7-9-16(28)10-8-15)17(13-32)25(34-20)37-14-22(36)33-19-6-4-3-5-18(19)27(29,30)31/h3-10,23,34H,11-12,14H2,1-2H3,(H,33,36)/t23-/m0/s1. The van der Waals surface area contributed by atoms with Crippen LogP contribution in [0.25, 0.3) is 0 Å². The van der Waals surface area contributed by atoms with Gasteiger partial charge in [-0.15, -0.1) is 0 Å². The summed E-state index contributed by atoms with van der Waals surface area (Å²) in [7, 11) is 0. The van der Waals surface area contributed by atoms with Crippen molar-refractivity contribution < 1.29 is 22.8 Å². The molecule has 0 saturated heterocycles. The SMILES string of the molecule is CC1(C)CC(=O)C2=C(C1)NC(SCC(=O)Nc1ccccc1C(F)(F)F)=C(C#N)[C@@H]2c1ccc(Cl)cc1. The number of ketones is 1. The molecule has 0 spiro atoms. The first kappa shape index (κ1) is 26.8. The first-order chi connectivity index (χ1) is 17.4. The zero-order chi connectivity index (χ0) is 27.0. The van der Waals surface area contributed by atoms with E-state index in [0.717, 1.165) is 17.8 Å². The van der Waals surface area contributed by atoms with Crippen LogP contribution in [0.3, 0.4) is 0 Å². The maximum Gasteiger partial charge on any atom is 0.418 e. The summed E-state index contributed by atoms with van der Waals surface area (Å²) in [6.07, 6.45) is -3.72. The van der Waals surface area contributed by atoms with Crippen LogP contribution in [0.4, 0.5) is 18.9 Å². The maximum absolute atomic E-state index is 13.3. The van der Waals surface area contributed by atoms with E-state index in [-0.39, 0.29) is 28.2 Å². The number of nitrogens with one attached hydrogen (secondary N) is 2. The summed E-state index contributed by atoms with van der Waals surface area (Å²) in [5.74, 6) is -1.60. The summed E-state index contributed by atoms with van der Waals surface area (Å²) in [4.78, 5) is 25.9. The maximum atomic E-state index is 13.3. The normalized spacial score (nSPS) is 19.2. The monoisotopic (exact) mass is 545 g/mol. The Kier molecular flexibility index (Phi) is 7.45. The number of thioether (sulfide) groups is 1. The number of carbonyl (C=O) groups is 2. The molecular weight excluding hydrogens is 523 g/mol. The van der Waals surface area contributed by atoms with Crippen LogP contribution >= 0.6 is 23.4 Å². The zero-order valence-electron chi connectivity index (χ0n) is 20.0. The Morgan fingerprint density at radius 2 is 1.86 bits per heavy atom. The number of halogens is 4. The number of carbonyl (C=O) groups excluding carboxylic acids is 2.